The maximum Gasteiger partial charge on any atom is 0.0466 e. The lowest BCUT2D eigenvalue weighted by molar-refractivity contribution is 0.151. The molecule has 0 aromatic carbocycles. The second-order valence-electron chi connectivity index (χ2n) is 2.94. The monoisotopic (exact) mass is 157 g/mol. The molecular weight excluding hydrogens is 136 g/mol. The van der Waals surface area contributed by atoms with Gasteiger partial charge in [0.2, 0.25) is 0 Å². The quantitative estimate of drug-likeness (QED) is 0.516. The molecule has 0 amide bonds. The summed E-state index contributed by atoms with van der Waals surface area (Å²) in [5.74, 6) is 0.906. The summed E-state index contributed by atoms with van der Waals surface area (Å²) in [5.41, 5.74) is 0. The van der Waals surface area contributed by atoms with Crippen LogP contribution in [0.25, 0.3) is 0 Å². The molecule has 0 saturated carbocycles. The summed E-state index contributed by atoms with van der Waals surface area (Å²) < 4.78 is 5.16. The van der Waals surface area contributed by atoms with E-state index < -0.39 is 0 Å². The van der Waals surface area contributed by atoms with Gasteiger partial charge in [-0.2, -0.15) is 0 Å². The van der Waals surface area contributed by atoms with Crippen LogP contribution in [0.2, 0.25) is 0 Å². The lowest BCUT2D eigenvalue weighted by Gasteiger charge is -2.10. The molecule has 0 aliphatic carbocycles. The smallest absolute Gasteiger partial charge is 0.0466 e. The first-order chi connectivity index (χ1) is 5.35. The highest BCUT2D eigenvalue weighted by molar-refractivity contribution is 4.54. The Morgan fingerprint density at radius 1 is 1.27 bits per heavy atom. The molecule has 0 atom stereocenters. The maximum atomic E-state index is 5.16. The van der Waals surface area contributed by atoms with Crippen LogP contribution in [-0.4, -0.2) is 13.2 Å². The zero-order valence-electron chi connectivity index (χ0n) is 7.94. The molecule has 1 radical (unpaired) electrons. The zero-order valence-corrected chi connectivity index (χ0v) is 7.94. The van der Waals surface area contributed by atoms with E-state index in [-0.39, 0.29) is 0 Å². The molecule has 1 heteroatoms. The van der Waals surface area contributed by atoms with Gasteiger partial charge in [0, 0.05) is 13.2 Å². The second kappa shape index (κ2) is 8.06. The summed E-state index contributed by atoms with van der Waals surface area (Å²) in [6.45, 7) is 9.64. The Morgan fingerprint density at radius 3 is 2.36 bits per heavy atom. The van der Waals surface area contributed by atoms with Crippen LogP contribution >= 0.6 is 0 Å². The molecule has 0 spiro atoms. The molecule has 0 bridgehead atoms. The number of rotatable bonds is 7. The number of ether oxygens (including phenoxy) is 1. The summed E-state index contributed by atoms with van der Waals surface area (Å²) in [7, 11) is 0. The number of hydrogen-bond donors (Lipinski definition) is 0. The summed E-state index contributed by atoms with van der Waals surface area (Å²) in [6.07, 6.45) is 5.12. The van der Waals surface area contributed by atoms with Gasteiger partial charge < -0.3 is 4.74 Å². The van der Waals surface area contributed by atoms with Gasteiger partial charge in [0.15, 0.2) is 0 Å². The summed E-state index contributed by atoms with van der Waals surface area (Å²) in [6, 6.07) is 0. The Labute approximate surface area is 71.1 Å². The van der Waals surface area contributed by atoms with E-state index in [1.807, 2.05) is 0 Å². The van der Waals surface area contributed by atoms with Crippen LogP contribution in [0.1, 0.15) is 39.5 Å². The van der Waals surface area contributed by atoms with Crippen LogP contribution < -0.4 is 0 Å². The van der Waals surface area contributed by atoms with Crippen LogP contribution in [0.3, 0.4) is 0 Å². The third kappa shape index (κ3) is 6.36. The van der Waals surface area contributed by atoms with Crippen molar-refractivity contribution in [2.45, 2.75) is 39.5 Å². The lowest BCUT2D eigenvalue weighted by atomic mass is 9.98. The van der Waals surface area contributed by atoms with Crippen LogP contribution in [0.5, 0.6) is 0 Å². The summed E-state index contributed by atoms with van der Waals surface area (Å²) >= 11 is 0. The molecule has 67 valence electrons. The molecule has 0 aromatic rings. The Hall–Kier alpha value is -0.0400. The third-order valence-corrected chi connectivity index (χ3v) is 2.20. The Balaban J connectivity index is 3.07. The molecule has 0 fully saturated rings. The molecule has 0 rings (SSSR count). The zero-order chi connectivity index (χ0) is 8.53. The molecule has 0 aliphatic rings. The van der Waals surface area contributed by atoms with Gasteiger partial charge in [-0.15, -0.1) is 0 Å². The molecule has 0 aliphatic heterocycles. The SMILES string of the molecule is [CH2]COCCCC(CC)CC. The minimum absolute atomic E-state index is 0.614. The Kier molecular flexibility index (Phi) is 8.03. The standard InChI is InChI=1S/C10H21O/c1-4-10(5-2)8-7-9-11-6-3/h10H,3-9H2,1-2H3. The highest BCUT2D eigenvalue weighted by Gasteiger charge is 2.01. The molecule has 11 heavy (non-hydrogen) atoms. The van der Waals surface area contributed by atoms with E-state index >= 15 is 0 Å². The van der Waals surface area contributed by atoms with E-state index in [1.165, 1.54) is 25.7 Å². The van der Waals surface area contributed by atoms with Gasteiger partial charge in [-0.3, -0.25) is 0 Å². The highest BCUT2D eigenvalue weighted by Crippen LogP contribution is 2.14. The van der Waals surface area contributed by atoms with Crippen molar-refractivity contribution in [1.82, 2.24) is 0 Å². The highest BCUT2D eigenvalue weighted by atomic mass is 16.5. The lowest BCUT2D eigenvalue weighted by Crippen LogP contribution is -2.00. The van der Waals surface area contributed by atoms with Crippen molar-refractivity contribution in [3.8, 4) is 0 Å². The minimum Gasteiger partial charge on any atom is -0.381 e. The fourth-order valence-electron chi connectivity index (χ4n) is 1.27. The molecular formula is C10H21O. The van der Waals surface area contributed by atoms with E-state index in [0.29, 0.717) is 6.61 Å². The van der Waals surface area contributed by atoms with Crippen molar-refractivity contribution in [2.75, 3.05) is 13.2 Å². The van der Waals surface area contributed by atoms with Crippen molar-refractivity contribution in [3.05, 3.63) is 6.92 Å². The minimum atomic E-state index is 0.614. The van der Waals surface area contributed by atoms with Crippen molar-refractivity contribution in [3.63, 3.8) is 0 Å². The topological polar surface area (TPSA) is 9.23 Å². The summed E-state index contributed by atoms with van der Waals surface area (Å²) in [4.78, 5) is 0. The van der Waals surface area contributed by atoms with Crippen LogP contribution in [-0.2, 0) is 4.74 Å². The van der Waals surface area contributed by atoms with Crippen molar-refractivity contribution in [1.29, 1.82) is 0 Å². The average Bonchev–Trinajstić information content (AvgIpc) is 2.05. The molecule has 0 saturated heterocycles. The van der Waals surface area contributed by atoms with E-state index in [0.717, 1.165) is 12.5 Å². The first-order valence-corrected chi connectivity index (χ1v) is 4.72. The van der Waals surface area contributed by atoms with E-state index in [4.69, 9.17) is 4.74 Å². The first kappa shape index (κ1) is 11.0. The second-order valence-corrected chi connectivity index (χ2v) is 2.94. The van der Waals surface area contributed by atoms with E-state index in [9.17, 15) is 0 Å². The molecule has 0 heterocycles. The van der Waals surface area contributed by atoms with Crippen LogP contribution in [0.4, 0.5) is 0 Å². The third-order valence-electron chi connectivity index (χ3n) is 2.20. The fourth-order valence-corrected chi connectivity index (χ4v) is 1.27. The van der Waals surface area contributed by atoms with Crippen molar-refractivity contribution >= 4 is 0 Å². The maximum absolute atomic E-state index is 5.16. The Bertz CT molecular complexity index is 67.3. The molecule has 0 unspecified atom stereocenters. The fraction of sp³-hybridized carbons (Fsp3) is 0.900. The van der Waals surface area contributed by atoms with Crippen molar-refractivity contribution in [2.24, 2.45) is 5.92 Å². The first-order valence-electron chi connectivity index (χ1n) is 4.72. The van der Waals surface area contributed by atoms with Gasteiger partial charge >= 0.3 is 0 Å². The molecule has 0 aromatic heterocycles. The van der Waals surface area contributed by atoms with E-state index in [2.05, 4.69) is 20.8 Å². The summed E-state index contributed by atoms with van der Waals surface area (Å²) in [5, 5.41) is 0. The van der Waals surface area contributed by atoms with Gasteiger partial charge in [-0.05, 0) is 25.7 Å². The largest absolute Gasteiger partial charge is 0.381 e. The van der Waals surface area contributed by atoms with Gasteiger partial charge in [-0.1, -0.05) is 26.7 Å². The number of hydrogen-bond acceptors (Lipinski definition) is 1. The van der Waals surface area contributed by atoms with Gasteiger partial charge in [0.05, 0.1) is 0 Å². The normalized spacial score (nSPS) is 10.9. The van der Waals surface area contributed by atoms with Crippen LogP contribution in [0.15, 0.2) is 0 Å². The van der Waals surface area contributed by atoms with Gasteiger partial charge in [0.1, 0.15) is 0 Å². The predicted octanol–water partition coefficient (Wildman–Crippen LogP) is 3.05. The van der Waals surface area contributed by atoms with Gasteiger partial charge in [-0.25, -0.2) is 0 Å². The molecule has 1 nitrogen and oxygen atoms in total. The van der Waals surface area contributed by atoms with Gasteiger partial charge in [0.25, 0.3) is 0 Å². The Morgan fingerprint density at radius 2 is 1.91 bits per heavy atom. The average molecular weight is 157 g/mol. The van der Waals surface area contributed by atoms with Crippen LogP contribution in [0, 0.1) is 12.8 Å². The van der Waals surface area contributed by atoms with Crippen molar-refractivity contribution < 1.29 is 4.74 Å². The van der Waals surface area contributed by atoms with E-state index in [1.54, 1.807) is 0 Å². The predicted molar refractivity (Wildman–Crippen MR) is 49.5 cm³/mol. The molecule has 0 N–H and O–H groups in total.